The number of carbonyl (C=O) groups excluding carboxylic acids is 2. The van der Waals surface area contributed by atoms with E-state index in [1.165, 1.54) is 0 Å². The summed E-state index contributed by atoms with van der Waals surface area (Å²) in [6.45, 7) is 6.31. The van der Waals surface area contributed by atoms with Crippen LogP contribution in [0.4, 0.5) is 4.79 Å². The SMILES string of the molecule is CCN(CC)C(=O)OC1C[C@H]2CC(NCC(=O)N3CCC[C@H]3C#N)C[C@H]2C1. The van der Waals surface area contributed by atoms with E-state index in [9.17, 15) is 9.59 Å². The van der Waals surface area contributed by atoms with Gasteiger partial charge in [-0.1, -0.05) is 0 Å². The largest absolute Gasteiger partial charge is 0.446 e. The normalized spacial score (nSPS) is 32.2. The summed E-state index contributed by atoms with van der Waals surface area (Å²) in [4.78, 5) is 27.9. The summed E-state index contributed by atoms with van der Waals surface area (Å²) in [5.74, 6) is 1.19. The molecule has 150 valence electrons. The highest BCUT2D eigenvalue weighted by atomic mass is 16.6. The van der Waals surface area contributed by atoms with E-state index in [0.29, 0.717) is 44.1 Å². The summed E-state index contributed by atoms with van der Waals surface area (Å²) in [5.41, 5.74) is 0. The quantitative estimate of drug-likeness (QED) is 0.767. The van der Waals surface area contributed by atoms with Crippen molar-refractivity contribution < 1.29 is 14.3 Å². The molecule has 3 rings (SSSR count). The number of nitrogens with zero attached hydrogens (tertiary/aromatic N) is 3. The Kier molecular flexibility index (Phi) is 6.59. The van der Waals surface area contributed by atoms with Gasteiger partial charge in [0.15, 0.2) is 0 Å². The first-order valence-electron chi connectivity index (χ1n) is 10.4. The van der Waals surface area contributed by atoms with Crippen molar-refractivity contribution in [2.45, 2.75) is 70.6 Å². The van der Waals surface area contributed by atoms with Crippen LogP contribution in [0.25, 0.3) is 0 Å². The number of ether oxygens (including phenoxy) is 1. The van der Waals surface area contributed by atoms with Crippen LogP contribution < -0.4 is 5.32 Å². The molecule has 1 N–H and O–H groups in total. The first kappa shape index (κ1) is 19.9. The fourth-order valence-electron chi connectivity index (χ4n) is 5.06. The second-order valence-corrected chi connectivity index (χ2v) is 8.09. The standard InChI is InChI=1S/C20H32N4O3/c1-3-23(4-2)20(26)27-18-10-14-8-16(9-15(14)11-18)22-13-19(25)24-7-5-6-17(24)12-21/h14-18,22H,3-11,13H2,1-2H3/t14-,15+,16?,17-,18?/m0/s1. The van der Waals surface area contributed by atoms with Gasteiger partial charge in [-0.15, -0.1) is 0 Å². The van der Waals surface area contributed by atoms with Gasteiger partial charge >= 0.3 is 6.09 Å². The lowest BCUT2D eigenvalue weighted by atomic mass is 10.0. The molecular formula is C20H32N4O3. The van der Waals surface area contributed by atoms with Crippen molar-refractivity contribution in [1.29, 1.82) is 5.26 Å². The summed E-state index contributed by atoms with van der Waals surface area (Å²) in [7, 11) is 0. The molecule has 1 heterocycles. The van der Waals surface area contributed by atoms with Crippen molar-refractivity contribution in [3.8, 4) is 6.07 Å². The van der Waals surface area contributed by atoms with Gasteiger partial charge in [0, 0.05) is 25.7 Å². The van der Waals surface area contributed by atoms with Crippen LogP contribution in [0, 0.1) is 23.2 Å². The first-order valence-corrected chi connectivity index (χ1v) is 10.4. The zero-order valence-corrected chi connectivity index (χ0v) is 16.5. The number of nitrogens with one attached hydrogen (secondary N) is 1. The van der Waals surface area contributed by atoms with Gasteiger partial charge in [-0.2, -0.15) is 5.26 Å². The summed E-state index contributed by atoms with van der Waals surface area (Å²) >= 11 is 0. The van der Waals surface area contributed by atoms with Gasteiger partial charge in [0.25, 0.3) is 0 Å². The van der Waals surface area contributed by atoms with E-state index in [1.807, 2.05) is 13.8 Å². The Morgan fingerprint density at radius 2 is 1.85 bits per heavy atom. The average Bonchev–Trinajstić information content (AvgIpc) is 3.34. The molecule has 3 aliphatic rings. The maximum Gasteiger partial charge on any atom is 0.410 e. The summed E-state index contributed by atoms with van der Waals surface area (Å²) in [5, 5.41) is 12.5. The number of carbonyl (C=O) groups is 2. The molecule has 0 aromatic rings. The van der Waals surface area contributed by atoms with Gasteiger partial charge < -0.3 is 19.9 Å². The lowest BCUT2D eigenvalue weighted by molar-refractivity contribution is -0.130. The van der Waals surface area contributed by atoms with Gasteiger partial charge in [0.05, 0.1) is 12.6 Å². The Morgan fingerprint density at radius 1 is 1.19 bits per heavy atom. The van der Waals surface area contributed by atoms with Crippen LogP contribution >= 0.6 is 0 Å². The number of fused-ring (bicyclic) bond motifs is 1. The first-order chi connectivity index (χ1) is 13.0. The summed E-state index contributed by atoms with van der Waals surface area (Å²) < 4.78 is 5.69. The Hall–Kier alpha value is -1.81. The van der Waals surface area contributed by atoms with Crippen LogP contribution in [0.2, 0.25) is 0 Å². The van der Waals surface area contributed by atoms with Crippen molar-refractivity contribution >= 4 is 12.0 Å². The van der Waals surface area contributed by atoms with E-state index in [-0.39, 0.29) is 24.1 Å². The second-order valence-electron chi connectivity index (χ2n) is 8.09. The van der Waals surface area contributed by atoms with Gasteiger partial charge in [-0.05, 0) is 64.2 Å². The predicted octanol–water partition coefficient (Wildman–Crippen LogP) is 2.13. The molecule has 0 aromatic heterocycles. The van der Waals surface area contributed by atoms with E-state index < -0.39 is 0 Å². The molecular weight excluding hydrogens is 344 g/mol. The molecule has 2 saturated carbocycles. The molecule has 0 radical (unpaired) electrons. The maximum atomic E-state index is 12.4. The maximum absolute atomic E-state index is 12.4. The third-order valence-corrected chi connectivity index (χ3v) is 6.53. The van der Waals surface area contributed by atoms with Gasteiger partial charge in [0.2, 0.25) is 5.91 Å². The molecule has 1 aliphatic heterocycles. The van der Waals surface area contributed by atoms with Crippen molar-refractivity contribution in [1.82, 2.24) is 15.1 Å². The molecule has 7 heteroatoms. The number of amides is 2. The molecule has 5 atom stereocenters. The molecule has 27 heavy (non-hydrogen) atoms. The number of likely N-dealkylation sites (tertiary alicyclic amines) is 1. The lowest BCUT2D eigenvalue weighted by Gasteiger charge is -2.23. The highest BCUT2D eigenvalue weighted by Gasteiger charge is 2.43. The van der Waals surface area contributed by atoms with Crippen molar-refractivity contribution in [3.05, 3.63) is 0 Å². The smallest absolute Gasteiger partial charge is 0.410 e. The van der Waals surface area contributed by atoms with Crippen LogP contribution in [0.5, 0.6) is 0 Å². The van der Waals surface area contributed by atoms with E-state index in [4.69, 9.17) is 10.00 Å². The molecule has 3 fully saturated rings. The molecule has 0 spiro atoms. The minimum Gasteiger partial charge on any atom is -0.446 e. The summed E-state index contributed by atoms with van der Waals surface area (Å²) in [6.07, 6.45) is 5.52. The molecule has 2 amide bonds. The van der Waals surface area contributed by atoms with Crippen molar-refractivity contribution in [2.24, 2.45) is 11.8 Å². The van der Waals surface area contributed by atoms with Gasteiger partial charge in [0.1, 0.15) is 12.1 Å². The van der Waals surface area contributed by atoms with E-state index in [1.54, 1.807) is 9.80 Å². The Balaban J connectivity index is 1.39. The van der Waals surface area contributed by atoms with Gasteiger partial charge in [-0.3, -0.25) is 4.79 Å². The van der Waals surface area contributed by atoms with E-state index in [2.05, 4.69) is 11.4 Å². The van der Waals surface area contributed by atoms with Crippen molar-refractivity contribution in [3.63, 3.8) is 0 Å². The molecule has 0 bridgehead atoms. The lowest BCUT2D eigenvalue weighted by Crippen LogP contribution is -2.43. The topological polar surface area (TPSA) is 85.7 Å². The number of nitriles is 1. The van der Waals surface area contributed by atoms with Crippen LogP contribution in [-0.4, -0.2) is 66.2 Å². The fraction of sp³-hybridized carbons (Fsp3) is 0.850. The van der Waals surface area contributed by atoms with E-state index in [0.717, 1.165) is 38.5 Å². The molecule has 1 saturated heterocycles. The van der Waals surface area contributed by atoms with Crippen LogP contribution in [0.3, 0.4) is 0 Å². The van der Waals surface area contributed by atoms with Crippen molar-refractivity contribution in [2.75, 3.05) is 26.2 Å². The third-order valence-electron chi connectivity index (χ3n) is 6.53. The minimum atomic E-state index is -0.247. The summed E-state index contributed by atoms with van der Waals surface area (Å²) in [6, 6.07) is 2.33. The fourth-order valence-corrected chi connectivity index (χ4v) is 5.06. The molecule has 2 unspecified atom stereocenters. The van der Waals surface area contributed by atoms with Crippen LogP contribution in [-0.2, 0) is 9.53 Å². The molecule has 2 aliphatic carbocycles. The van der Waals surface area contributed by atoms with Crippen LogP contribution in [0.1, 0.15) is 52.4 Å². The van der Waals surface area contributed by atoms with E-state index >= 15 is 0 Å². The monoisotopic (exact) mass is 376 g/mol. The number of hydrogen-bond donors (Lipinski definition) is 1. The highest BCUT2D eigenvalue weighted by Crippen LogP contribution is 2.45. The minimum absolute atomic E-state index is 0.0386. The number of hydrogen-bond acceptors (Lipinski definition) is 5. The Bertz CT molecular complexity index is 572. The zero-order chi connectivity index (χ0) is 19.4. The average molecular weight is 377 g/mol. The van der Waals surface area contributed by atoms with Crippen LogP contribution in [0.15, 0.2) is 0 Å². The Morgan fingerprint density at radius 3 is 2.44 bits per heavy atom. The Labute approximate surface area is 162 Å². The van der Waals surface area contributed by atoms with Gasteiger partial charge in [-0.25, -0.2) is 4.79 Å². The molecule has 0 aromatic carbocycles. The predicted molar refractivity (Wildman–Crippen MR) is 101 cm³/mol. The zero-order valence-electron chi connectivity index (χ0n) is 16.5. The number of rotatable bonds is 6. The third kappa shape index (κ3) is 4.55. The highest BCUT2D eigenvalue weighted by molar-refractivity contribution is 5.79. The molecule has 7 nitrogen and oxygen atoms in total. The second kappa shape index (κ2) is 8.92.